The first-order valence-corrected chi connectivity index (χ1v) is 8.75. The average Bonchev–Trinajstić information content (AvgIpc) is 2.59. The zero-order valence-corrected chi connectivity index (χ0v) is 15.7. The fourth-order valence-corrected chi connectivity index (χ4v) is 2.71. The van der Waals surface area contributed by atoms with Gasteiger partial charge in [-0.15, -0.1) is 0 Å². The first-order chi connectivity index (χ1) is 12.6. The quantitative estimate of drug-likeness (QED) is 0.808. The lowest BCUT2D eigenvalue weighted by Crippen LogP contribution is -2.55. The number of hydrogen-bond acceptors (Lipinski definition) is 3. The minimum atomic E-state index is -4.53. The second-order valence-electron chi connectivity index (χ2n) is 6.39. The molecule has 2 heterocycles. The maximum atomic E-state index is 12.6. The highest BCUT2D eigenvalue weighted by molar-refractivity contribution is 6.31. The van der Waals surface area contributed by atoms with E-state index in [9.17, 15) is 22.8 Å². The lowest BCUT2D eigenvalue weighted by atomic mass is 10.2. The molecule has 0 unspecified atom stereocenters. The van der Waals surface area contributed by atoms with Crippen molar-refractivity contribution < 1.29 is 22.8 Å². The molecular formula is C16H21ClF3N5O2. The Morgan fingerprint density at radius 1 is 1.19 bits per heavy atom. The smallest absolute Gasteiger partial charge is 0.336 e. The number of rotatable bonds is 3. The molecule has 7 nitrogen and oxygen atoms in total. The van der Waals surface area contributed by atoms with E-state index in [4.69, 9.17) is 11.6 Å². The van der Waals surface area contributed by atoms with E-state index in [-0.39, 0.29) is 29.3 Å². The molecule has 0 bridgehead atoms. The summed E-state index contributed by atoms with van der Waals surface area (Å²) in [6.07, 6.45) is -3.85. The first-order valence-electron chi connectivity index (χ1n) is 8.37. The normalized spacial score (nSPS) is 15.1. The van der Waals surface area contributed by atoms with Gasteiger partial charge in [0.05, 0.1) is 22.8 Å². The van der Waals surface area contributed by atoms with Gasteiger partial charge < -0.3 is 20.4 Å². The summed E-state index contributed by atoms with van der Waals surface area (Å²) in [5, 5.41) is 5.21. The lowest BCUT2D eigenvalue weighted by Gasteiger charge is -2.35. The average molecular weight is 408 g/mol. The van der Waals surface area contributed by atoms with Crippen molar-refractivity contribution in [2.24, 2.45) is 0 Å². The number of piperazine rings is 1. The van der Waals surface area contributed by atoms with Crippen LogP contribution in [0.4, 0.5) is 22.8 Å². The molecule has 1 saturated heterocycles. The number of nitrogens with zero attached hydrogens (tertiary/aromatic N) is 3. The third-order valence-corrected chi connectivity index (χ3v) is 4.25. The predicted octanol–water partition coefficient (Wildman–Crippen LogP) is 2.70. The van der Waals surface area contributed by atoms with E-state index in [2.05, 4.69) is 15.6 Å². The molecule has 1 aliphatic rings. The summed E-state index contributed by atoms with van der Waals surface area (Å²) in [6, 6.07) is 0.240. The Labute approximate surface area is 159 Å². The number of urea groups is 2. The fourth-order valence-electron chi connectivity index (χ4n) is 2.47. The van der Waals surface area contributed by atoms with Gasteiger partial charge in [0, 0.05) is 38.4 Å². The largest absolute Gasteiger partial charge is 0.417 e. The SMILES string of the molecule is CC(C)NC(=O)N1CCN(C(=O)NCc2ncc(C(F)(F)F)cc2Cl)CC1. The van der Waals surface area contributed by atoms with Crippen LogP contribution in [-0.2, 0) is 12.7 Å². The Bertz CT molecular complexity index is 691. The van der Waals surface area contributed by atoms with E-state index < -0.39 is 17.8 Å². The number of aromatic nitrogens is 1. The van der Waals surface area contributed by atoms with Gasteiger partial charge in [-0.05, 0) is 19.9 Å². The van der Waals surface area contributed by atoms with Gasteiger partial charge in [-0.2, -0.15) is 13.2 Å². The molecule has 11 heteroatoms. The van der Waals surface area contributed by atoms with Crippen molar-refractivity contribution in [1.29, 1.82) is 0 Å². The van der Waals surface area contributed by atoms with Crippen LogP contribution in [0.1, 0.15) is 25.1 Å². The number of hydrogen-bond donors (Lipinski definition) is 2. The Morgan fingerprint density at radius 2 is 1.74 bits per heavy atom. The molecule has 2 N–H and O–H groups in total. The number of carbonyl (C=O) groups is 2. The molecule has 1 aromatic heterocycles. The standard InChI is InChI=1S/C16H21ClF3N5O2/c1-10(2)23-15(27)25-5-3-24(4-6-25)14(26)22-9-13-12(17)7-11(8-21-13)16(18,19)20/h7-8,10H,3-6,9H2,1-2H3,(H,22,26)(H,23,27). The molecule has 1 aromatic rings. The van der Waals surface area contributed by atoms with Crippen molar-refractivity contribution in [3.05, 3.63) is 28.5 Å². The van der Waals surface area contributed by atoms with Crippen molar-refractivity contribution >= 4 is 23.7 Å². The molecule has 4 amide bonds. The number of amides is 4. The van der Waals surface area contributed by atoms with Gasteiger partial charge in [0.1, 0.15) is 0 Å². The van der Waals surface area contributed by atoms with Crippen LogP contribution < -0.4 is 10.6 Å². The Morgan fingerprint density at radius 3 is 2.22 bits per heavy atom. The van der Waals surface area contributed by atoms with E-state index in [1.807, 2.05) is 13.8 Å². The maximum Gasteiger partial charge on any atom is 0.417 e. The molecule has 0 saturated carbocycles. The Balaban J connectivity index is 1.84. The molecule has 150 valence electrons. The van der Waals surface area contributed by atoms with E-state index in [1.54, 1.807) is 4.90 Å². The summed E-state index contributed by atoms with van der Waals surface area (Å²) in [6.45, 7) is 5.13. The molecule has 27 heavy (non-hydrogen) atoms. The van der Waals surface area contributed by atoms with Gasteiger partial charge in [0.25, 0.3) is 0 Å². The van der Waals surface area contributed by atoms with Crippen LogP contribution >= 0.6 is 11.6 Å². The minimum absolute atomic E-state index is 0.0276. The highest BCUT2D eigenvalue weighted by Gasteiger charge is 2.31. The van der Waals surface area contributed by atoms with Crippen LogP contribution in [0.25, 0.3) is 0 Å². The van der Waals surface area contributed by atoms with E-state index in [0.717, 1.165) is 6.07 Å². The topological polar surface area (TPSA) is 77.6 Å². The van der Waals surface area contributed by atoms with E-state index >= 15 is 0 Å². The molecule has 0 aliphatic carbocycles. The first kappa shape index (κ1) is 21.1. The second-order valence-corrected chi connectivity index (χ2v) is 6.79. The third-order valence-electron chi connectivity index (χ3n) is 3.92. The molecular weight excluding hydrogens is 387 g/mol. The monoisotopic (exact) mass is 407 g/mol. The van der Waals surface area contributed by atoms with Crippen molar-refractivity contribution in [2.45, 2.75) is 32.6 Å². The summed E-state index contributed by atoms with van der Waals surface area (Å²) >= 11 is 5.82. The summed E-state index contributed by atoms with van der Waals surface area (Å²) in [4.78, 5) is 31.0. The molecule has 2 rings (SSSR count). The number of halogens is 4. The number of alkyl halides is 3. The van der Waals surface area contributed by atoms with Crippen LogP contribution in [-0.4, -0.2) is 59.1 Å². The highest BCUT2D eigenvalue weighted by atomic mass is 35.5. The zero-order valence-electron chi connectivity index (χ0n) is 14.9. The van der Waals surface area contributed by atoms with Crippen molar-refractivity contribution in [3.8, 4) is 0 Å². The molecule has 1 fully saturated rings. The van der Waals surface area contributed by atoms with E-state index in [1.165, 1.54) is 4.90 Å². The number of nitrogens with one attached hydrogen (secondary N) is 2. The van der Waals surface area contributed by atoms with Gasteiger partial charge in [0.15, 0.2) is 0 Å². The predicted molar refractivity (Wildman–Crippen MR) is 93.3 cm³/mol. The second kappa shape index (κ2) is 8.64. The molecule has 1 aliphatic heterocycles. The summed E-state index contributed by atoms with van der Waals surface area (Å²) in [5.41, 5.74) is -0.800. The van der Waals surface area contributed by atoms with Crippen LogP contribution in [0.5, 0.6) is 0 Å². The van der Waals surface area contributed by atoms with Gasteiger partial charge in [0.2, 0.25) is 0 Å². The van der Waals surface area contributed by atoms with Crippen LogP contribution in [0.15, 0.2) is 12.3 Å². The lowest BCUT2D eigenvalue weighted by molar-refractivity contribution is -0.137. The highest BCUT2D eigenvalue weighted by Crippen LogP contribution is 2.30. The van der Waals surface area contributed by atoms with Crippen LogP contribution in [0.2, 0.25) is 5.02 Å². The van der Waals surface area contributed by atoms with Gasteiger partial charge in [-0.25, -0.2) is 9.59 Å². The van der Waals surface area contributed by atoms with Crippen LogP contribution in [0.3, 0.4) is 0 Å². The van der Waals surface area contributed by atoms with Gasteiger partial charge in [-0.1, -0.05) is 11.6 Å². The van der Waals surface area contributed by atoms with E-state index in [0.29, 0.717) is 32.4 Å². The van der Waals surface area contributed by atoms with Gasteiger partial charge in [-0.3, -0.25) is 4.98 Å². The summed E-state index contributed by atoms with van der Waals surface area (Å²) in [5.74, 6) is 0. The number of carbonyl (C=O) groups excluding carboxylic acids is 2. The molecule has 0 spiro atoms. The molecule has 0 radical (unpaired) electrons. The van der Waals surface area contributed by atoms with Crippen LogP contribution in [0, 0.1) is 0 Å². The fraction of sp³-hybridized carbons (Fsp3) is 0.562. The Kier molecular flexibility index (Phi) is 6.74. The molecule has 0 aromatic carbocycles. The Hall–Kier alpha value is -2.23. The minimum Gasteiger partial charge on any atom is -0.336 e. The van der Waals surface area contributed by atoms with Crippen molar-refractivity contribution in [3.63, 3.8) is 0 Å². The maximum absolute atomic E-state index is 12.6. The third kappa shape index (κ3) is 5.88. The zero-order chi connectivity index (χ0) is 20.2. The van der Waals surface area contributed by atoms with Crippen molar-refractivity contribution in [2.75, 3.05) is 26.2 Å². The summed E-state index contributed by atoms with van der Waals surface area (Å²) < 4.78 is 37.8. The van der Waals surface area contributed by atoms with Gasteiger partial charge >= 0.3 is 18.2 Å². The number of pyridine rings is 1. The summed E-state index contributed by atoms with van der Waals surface area (Å²) in [7, 11) is 0. The molecule has 0 atom stereocenters. The van der Waals surface area contributed by atoms with Crippen molar-refractivity contribution in [1.82, 2.24) is 25.4 Å².